The predicted molar refractivity (Wildman–Crippen MR) is 122 cm³/mol. The van der Waals surface area contributed by atoms with E-state index in [1.165, 1.54) is 11.8 Å². The van der Waals surface area contributed by atoms with Crippen molar-refractivity contribution >= 4 is 23.3 Å². The highest BCUT2D eigenvalue weighted by molar-refractivity contribution is 7.07. The molecule has 1 fully saturated rings. The van der Waals surface area contributed by atoms with Crippen LogP contribution in [0.4, 0.5) is 0 Å². The van der Waals surface area contributed by atoms with Crippen LogP contribution in [0.25, 0.3) is 6.08 Å². The van der Waals surface area contributed by atoms with Crippen molar-refractivity contribution in [1.29, 1.82) is 0 Å². The maximum absolute atomic E-state index is 12.2. The van der Waals surface area contributed by atoms with E-state index in [2.05, 4.69) is 61.5 Å². The van der Waals surface area contributed by atoms with Crippen LogP contribution in [0.5, 0.6) is 0 Å². The molecule has 3 aromatic rings. The quantitative estimate of drug-likeness (QED) is 0.555. The van der Waals surface area contributed by atoms with Crippen LogP contribution in [0.15, 0.2) is 58.0 Å². The molecule has 1 N–H and O–H groups in total. The number of amides is 1. The smallest absolute Gasteiger partial charge is 0.273 e. The van der Waals surface area contributed by atoms with Crippen molar-refractivity contribution < 1.29 is 9.21 Å². The summed E-state index contributed by atoms with van der Waals surface area (Å²) in [4.78, 5) is 25.6. The average Bonchev–Trinajstić information content (AvgIpc) is 3.48. The minimum atomic E-state index is -0.208. The minimum absolute atomic E-state index is 0.208. The van der Waals surface area contributed by atoms with E-state index >= 15 is 0 Å². The summed E-state index contributed by atoms with van der Waals surface area (Å²) in [5.74, 6) is 0.377. The third-order valence-electron chi connectivity index (χ3n) is 5.23. The van der Waals surface area contributed by atoms with Crippen molar-refractivity contribution in [3.8, 4) is 0 Å². The van der Waals surface area contributed by atoms with Gasteiger partial charge < -0.3 is 9.73 Å². The fourth-order valence-electron chi connectivity index (χ4n) is 3.47. The number of hydrogen-bond donors (Lipinski definition) is 1. The van der Waals surface area contributed by atoms with Crippen LogP contribution >= 0.6 is 11.3 Å². The molecule has 31 heavy (non-hydrogen) atoms. The van der Waals surface area contributed by atoms with Gasteiger partial charge in [-0.15, -0.1) is 11.3 Å². The van der Waals surface area contributed by atoms with E-state index in [0.717, 1.165) is 38.4 Å². The first kappa shape index (κ1) is 21.4. The first-order valence-electron chi connectivity index (χ1n) is 10.5. The highest BCUT2D eigenvalue weighted by Gasteiger charge is 2.19. The number of aromatic nitrogens is 2. The number of benzene rings is 1. The highest BCUT2D eigenvalue weighted by atomic mass is 32.1. The molecular formula is C23H27N5O2S. The fraction of sp³-hybridized carbons (Fsp3) is 0.348. The molecule has 0 unspecified atom stereocenters. The molecule has 0 atom stereocenters. The molecule has 7 nitrogen and oxygen atoms in total. The van der Waals surface area contributed by atoms with Crippen molar-refractivity contribution in [3.63, 3.8) is 0 Å². The van der Waals surface area contributed by atoms with Crippen molar-refractivity contribution in [2.45, 2.75) is 13.0 Å². The topological polar surface area (TPSA) is 74.5 Å². The Labute approximate surface area is 186 Å². The number of nitrogens with zero attached hydrogens (tertiary/aromatic N) is 4. The number of hydrogen-bond acceptors (Lipinski definition) is 7. The zero-order chi connectivity index (χ0) is 21.3. The van der Waals surface area contributed by atoms with E-state index in [9.17, 15) is 4.79 Å². The van der Waals surface area contributed by atoms with Gasteiger partial charge in [-0.05, 0) is 5.56 Å². The first-order valence-corrected chi connectivity index (χ1v) is 11.5. The van der Waals surface area contributed by atoms with E-state index in [1.807, 2.05) is 11.4 Å². The molecule has 1 aliphatic heterocycles. The number of oxazole rings is 1. The van der Waals surface area contributed by atoms with Gasteiger partial charge in [-0.25, -0.2) is 9.97 Å². The van der Waals surface area contributed by atoms with Crippen LogP contribution in [-0.2, 0) is 13.0 Å². The van der Waals surface area contributed by atoms with Gasteiger partial charge >= 0.3 is 0 Å². The molecule has 0 bridgehead atoms. The Kier molecular flexibility index (Phi) is 7.60. The van der Waals surface area contributed by atoms with Crippen LogP contribution in [0.1, 0.15) is 27.6 Å². The summed E-state index contributed by atoms with van der Waals surface area (Å²) in [5, 5.41) is 4.85. The molecule has 1 aliphatic rings. The second-order valence-electron chi connectivity index (χ2n) is 7.50. The summed E-state index contributed by atoms with van der Waals surface area (Å²) in [7, 11) is 0. The molecule has 0 saturated carbocycles. The number of piperazine rings is 1. The van der Waals surface area contributed by atoms with E-state index < -0.39 is 0 Å². The lowest BCUT2D eigenvalue weighted by atomic mass is 10.2. The van der Waals surface area contributed by atoms with Gasteiger partial charge in [0.1, 0.15) is 6.26 Å². The highest BCUT2D eigenvalue weighted by Crippen LogP contribution is 2.10. The lowest BCUT2D eigenvalue weighted by molar-refractivity contribution is 0.0949. The number of carbonyl (C=O) groups excluding carboxylic acids is 1. The molecule has 0 spiro atoms. The number of nitrogens with one attached hydrogen (secondary N) is 1. The molecular weight excluding hydrogens is 410 g/mol. The SMILES string of the molecule is O=C(NCCc1cscn1)c1coc(CN2CCN(CC=Cc3ccccc3)CC2)n1. The monoisotopic (exact) mass is 437 g/mol. The van der Waals surface area contributed by atoms with E-state index in [0.29, 0.717) is 31.1 Å². The Morgan fingerprint density at radius 1 is 1.16 bits per heavy atom. The molecule has 1 aromatic carbocycles. The Morgan fingerprint density at radius 2 is 1.97 bits per heavy atom. The van der Waals surface area contributed by atoms with E-state index in [4.69, 9.17) is 4.42 Å². The standard InChI is InChI=1S/C23H27N5O2S/c29-23(24-9-8-20-17-31-18-25-20)21-16-30-22(26-21)15-28-13-11-27(12-14-28)10-4-7-19-5-2-1-3-6-19/h1-7,16-18H,8-15H2,(H,24,29). The van der Waals surface area contributed by atoms with Crippen molar-refractivity contribution in [2.24, 2.45) is 0 Å². The van der Waals surface area contributed by atoms with E-state index in [-0.39, 0.29) is 5.91 Å². The van der Waals surface area contributed by atoms with Crippen LogP contribution in [-0.4, -0.2) is 64.9 Å². The zero-order valence-electron chi connectivity index (χ0n) is 17.4. The summed E-state index contributed by atoms with van der Waals surface area (Å²) in [5.41, 5.74) is 4.34. The van der Waals surface area contributed by atoms with Gasteiger partial charge in [0.25, 0.3) is 5.91 Å². The second-order valence-corrected chi connectivity index (χ2v) is 8.22. The Balaban J connectivity index is 1.16. The minimum Gasteiger partial charge on any atom is -0.447 e. The first-order chi connectivity index (χ1) is 15.3. The van der Waals surface area contributed by atoms with Gasteiger partial charge in [0.2, 0.25) is 5.89 Å². The average molecular weight is 438 g/mol. The predicted octanol–water partition coefficient (Wildman–Crippen LogP) is 2.93. The molecule has 1 saturated heterocycles. The Hall–Kier alpha value is -2.81. The lowest BCUT2D eigenvalue weighted by Crippen LogP contribution is -2.45. The molecule has 3 heterocycles. The number of carbonyl (C=O) groups is 1. The maximum Gasteiger partial charge on any atom is 0.273 e. The Morgan fingerprint density at radius 3 is 2.74 bits per heavy atom. The molecule has 0 aliphatic carbocycles. The van der Waals surface area contributed by atoms with Crippen molar-refractivity contribution in [3.05, 3.63) is 76.4 Å². The summed E-state index contributed by atoms with van der Waals surface area (Å²) >= 11 is 1.56. The summed E-state index contributed by atoms with van der Waals surface area (Å²) < 4.78 is 5.53. The zero-order valence-corrected chi connectivity index (χ0v) is 18.3. The van der Waals surface area contributed by atoms with Gasteiger partial charge in [0, 0.05) is 51.1 Å². The van der Waals surface area contributed by atoms with Crippen molar-refractivity contribution in [1.82, 2.24) is 25.1 Å². The lowest BCUT2D eigenvalue weighted by Gasteiger charge is -2.33. The molecule has 1 amide bonds. The number of thiazole rings is 1. The van der Waals surface area contributed by atoms with Gasteiger partial charge in [-0.3, -0.25) is 14.6 Å². The summed E-state index contributed by atoms with van der Waals surface area (Å²) in [6.07, 6.45) is 6.55. The summed E-state index contributed by atoms with van der Waals surface area (Å²) in [6, 6.07) is 10.4. The largest absolute Gasteiger partial charge is 0.447 e. The Bertz CT molecular complexity index is 963. The molecule has 0 radical (unpaired) electrons. The van der Waals surface area contributed by atoms with Gasteiger partial charge in [-0.2, -0.15) is 0 Å². The second kappa shape index (κ2) is 11.0. The van der Waals surface area contributed by atoms with E-state index in [1.54, 1.807) is 16.8 Å². The van der Waals surface area contributed by atoms with Gasteiger partial charge in [-0.1, -0.05) is 42.5 Å². The normalized spacial score (nSPS) is 15.5. The maximum atomic E-state index is 12.2. The molecule has 8 heteroatoms. The van der Waals surface area contributed by atoms with Crippen LogP contribution in [0, 0.1) is 0 Å². The van der Waals surface area contributed by atoms with Crippen molar-refractivity contribution in [2.75, 3.05) is 39.3 Å². The molecule has 4 rings (SSSR count). The van der Waals surface area contributed by atoms with Crippen LogP contribution in [0.2, 0.25) is 0 Å². The molecule has 162 valence electrons. The third kappa shape index (κ3) is 6.58. The van der Waals surface area contributed by atoms with Crippen LogP contribution in [0.3, 0.4) is 0 Å². The van der Waals surface area contributed by atoms with Gasteiger partial charge in [0.15, 0.2) is 5.69 Å². The molecule has 2 aromatic heterocycles. The summed E-state index contributed by atoms with van der Waals surface area (Å²) in [6.45, 7) is 6.03. The third-order valence-corrected chi connectivity index (χ3v) is 5.87. The number of rotatable bonds is 9. The fourth-order valence-corrected chi connectivity index (χ4v) is 4.06. The van der Waals surface area contributed by atoms with Gasteiger partial charge in [0.05, 0.1) is 17.7 Å². The van der Waals surface area contributed by atoms with Crippen LogP contribution < -0.4 is 5.32 Å².